The molecule has 2 aromatic rings. The van der Waals surface area contributed by atoms with Crippen LogP contribution < -0.4 is 5.32 Å². The fourth-order valence-corrected chi connectivity index (χ4v) is 2.05. The number of hydrogen-bond acceptors (Lipinski definition) is 3. The van der Waals surface area contributed by atoms with Crippen LogP contribution in [0.5, 0.6) is 0 Å². The molecule has 2 heterocycles. The Labute approximate surface area is 121 Å². The summed E-state index contributed by atoms with van der Waals surface area (Å²) in [7, 11) is 0. The Morgan fingerprint density at radius 3 is 2.65 bits per heavy atom. The Balaban J connectivity index is 2.18. The number of hydrogen-bond donors (Lipinski definition) is 1. The summed E-state index contributed by atoms with van der Waals surface area (Å²) in [6.07, 6.45) is 5.73. The number of rotatable bonds is 6. The van der Waals surface area contributed by atoms with Crippen LogP contribution in [0.25, 0.3) is 5.69 Å². The molecule has 0 radical (unpaired) electrons. The highest BCUT2D eigenvalue weighted by molar-refractivity contribution is 5.37. The summed E-state index contributed by atoms with van der Waals surface area (Å²) in [6.45, 7) is 10.6. The molecule has 4 nitrogen and oxygen atoms in total. The van der Waals surface area contributed by atoms with Crippen LogP contribution in [0.15, 0.2) is 30.7 Å². The maximum absolute atomic E-state index is 4.63. The van der Waals surface area contributed by atoms with Crippen LogP contribution in [0.4, 0.5) is 0 Å². The van der Waals surface area contributed by atoms with E-state index in [1.54, 1.807) is 0 Å². The van der Waals surface area contributed by atoms with Crippen LogP contribution in [0, 0.1) is 5.92 Å². The quantitative estimate of drug-likeness (QED) is 0.878. The monoisotopic (exact) mass is 272 g/mol. The third kappa shape index (κ3) is 3.67. The molecule has 2 aromatic heterocycles. The first kappa shape index (κ1) is 14.7. The predicted molar refractivity (Wildman–Crippen MR) is 82.0 cm³/mol. The lowest BCUT2D eigenvalue weighted by molar-refractivity contribution is 0.551. The molecule has 0 bridgehead atoms. The van der Waals surface area contributed by atoms with Crippen molar-refractivity contribution in [1.29, 1.82) is 0 Å². The molecule has 1 N–H and O–H groups in total. The molecule has 20 heavy (non-hydrogen) atoms. The first-order chi connectivity index (χ1) is 9.58. The van der Waals surface area contributed by atoms with Gasteiger partial charge in [0.15, 0.2) is 0 Å². The SMILES string of the molecule is CC(C)CNCc1ccncc1-n1ccc(C(C)C)n1. The zero-order valence-corrected chi connectivity index (χ0v) is 12.8. The van der Waals surface area contributed by atoms with Crippen molar-refractivity contribution in [2.45, 2.75) is 40.2 Å². The van der Waals surface area contributed by atoms with Gasteiger partial charge in [0.1, 0.15) is 0 Å². The lowest BCUT2D eigenvalue weighted by Gasteiger charge is -2.11. The van der Waals surface area contributed by atoms with Gasteiger partial charge in [0.25, 0.3) is 0 Å². The highest BCUT2D eigenvalue weighted by Gasteiger charge is 2.08. The fraction of sp³-hybridized carbons (Fsp3) is 0.500. The van der Waals surface area contributed by atoms with Gasteiger partial charge < -0.3 is 5.32 Å². The highest BCUT2D eigenvalue weighted by atomic mass is 15.3. The molecule has 0 saturated heterocycles. The van der Waals surface area contributed by atoms with Gasteiger partial charge in [-0.3, -0.25) is 4.98 Å². The number of nitrogens with zero attached hydrogens (tertiary/aromatic N) is 3. The zero-order chi connectivity index (χ0) is 14.5. The van der Waals surface area contributed by atoms with E-state index in [0.29, 0.717) is 11.8 Å². The second-order valence-electron chi connectivity index (χ2n) is 5.87. The standard InChI is InChI=1S/C16H24N4/c1-12(2)9-18-10-14-5-7-17-11-16(14)20-8-6-15(19-20)13(3)4/h5-8,11-13,18H,9-10H2,1-4H3. The van der Waals surface area contributed by atoms with E-state index < -0.39 is 0 Å². The van der Waals surface area contributed by atoms with Crippen molar-refractivity contribution >= 4 is 0 Å². The summed E-state index contributed by atoms with van der Waals surface area (Å²) in [5, 5.41) is 8.10. The van der Waals surface area contributed by atoms with Crippen LogP contribution in [0.3, 0.4) is 0 Å². The number of pyridine rings is 1. The summed E-state index contributed by atoms with van der Waals surface area (Å²) >= 11 is 0. The van der Waals surface area contributed by atoms with Crippen LogP contribution in [-0.2, 0) is 6.54 Å². The maximum Gasteiger partial charge on any atom is 0.0873 e. The molecule has 2 rings (SSSR count). The highest BCUT2D eigenvalue weighted by Crippen LogP contribution is 2.16. The van der Waals surface area contributed by atoms with E-state index in [1.165, 1.54) is 5.56 Å². The van der Waals surface area contributed by atoms with Crippen LogP contribution >= 0.6 is 0 Å². The summed E-state index contributed by atoms with van der Waals surface area (Å²) in [4.78, 5) is 4.23. The molecule has 0 unspecified atom stereocenters. The van der Waals surface area contributed by atoms with Gasteiger partial charge in [0, 0.05) is 18.9 Å². The van der Waals surface area contributed by atoms with Gasteiger partial charge in [-0.1, -0.05) is 27.7 Å². The van der Waals surface area contributed by atoms with Gasteiger partial charge in [-0.25, -0.2) is 4.68 Å². The summed E-state index contributed by atoms with van der Waals surface area (Å²) in [5.74, 6) is 1.09. The molecule has 0 saturated carbocycles. The third-order valence-corrected chi connectivity index (χ3v) is 3.20. The molecule has 0 atom stereocenters. The van der Waals surface area contributed by atoms with Gasteiger partial charge in [0.2, 0.25) is 0 Å². The minimum Gasteiger partial charge on any atom is -0.312 e. The Hall–Kier alpha value is -1.68. The van der Waals surface area contributed by atoms with E-state index >= 15 is 0 Å². The zero-order valence-electron chi connectivity index (χ0n) is 12.8. The summed E-state index contributed by atoms with van der Waals surface area (Å²) in [5.41, 5.74) is 3.38. The minimum atomic E-state index is 0.440. The second kappa shape index (κ2) is 6.66. The minimum absolute atomic E-state index is 0.440. The molecule has 0 spiro atoms. The Morgan fingerprint density at radius 1 is 1.20 bits per heavy atom. The molecule has 4 heteroatoms. The van der Waals surface area contributed by atoms with Crippen molar-refractivity contribution in [3.63, 3.8) is 0 Å². The lowest BCUT2D eigenvalue weighted by atomic mass is 10.1. The predicted octanol–water partition coefficient (Wildman–Crippen LogP) is 3.14. The molecule has 0 aliphatic carbocycles. The van der Waals surface area contributed by atoms with Crippen molar-refractivity contribution in [2.75, 3.05) is 6.54 Å². The van der Waals surface area contributed by atoms with Gasteiger partial charge >= 0.3 is 0 Å². The van der Waals surface area contributed by atoms with Gasteiger partial charge in [-0.05, 0) is 36.1 Å². The van der Waals surface area contributed by atoms with Crippen molar-refractivity contribution < 1.29 is 0 Å². The summed E-state index contributed by atoms with van der Waals surface area (Å²) in [6, 6.07) is 4.13. The van der Waals surface area contributed by atoms with Crippen LogP contribution in [0.1, 0.15) is 44.9 Å². The van der Waals surface area contributed by atoms with Gasteiger partial charge in [0.05, 0.1) is 17.6 Å². The molecule has 0 fully saturated rings. The number of nitrogens with one attached hydrogen (secondary N) is 1. The van der Waals surface area contributed by atoms with Crippen LogP contribution in [0.2, 0.25) is 0 Å². The second-order valence-corrected chi connectivity index (χ2v) is 5.87. The molecule has 0 aliphatic heterocycles. The molecular formula is C16H24N4. The van der Waals surface area contributed by atoms with Crippen molar-refractivity contribution in [3.8, 4) is 5.69 Å². The van der Waals surface area contributed by atoms with Crippen molar-refractivity contribution in [2.24, 2.45) is 5.92 Å². The molecule has 108 valence electrons. The largest absolute Gasteiger partial charge is 0.312 e. The Kier molecular flexibility index (Phi) is 4.90. The molecule has 0 aromatic carbocycles. The first-order valence-corrected chi connectivity index (χ1v) is 7.27. The van der Waals surface area contributed by atoms with E-state index in [2.05, 4.69) is 55.2 Å². The third-order valence-electron chi connectivity index (χ3n) is 3.20. The smallest absolute Gasteiger partial charge is 0.0873 e. The average molecular weight is 272 g/mol. The summed E-state index contributed by atoms with van der Waals surface area (Å²) < 4.78 is 1.93. The Bertz CT molecular complexity index is 543. The van der Waals surface area contributed by atoms with E-state index in [0.717, 1.165) is 24.5 Å². The lowest BCUT2D eigenvalue weighted by Crippen LogP contribution is -2.20. The van der Waals surface area contributed by atoms with E-state index in [-0.39, 0.29) is 0 Å². The molecular weight excluding hydrogens is 248 g/mol. The number of aromatic nitrogens is 3. The van der Waals surface area contributed by atoms with E-state index in [1.807, 2.05) is 23.3 Å². The first-order valence-electron chi connectivity index (χ1n) is 7.27. The molecule has 0 aliphatic rings. The molecule has 0 amide bonds. The van der Waals surface area contributed by atoms with Crippen molar-refractivity contribution in [3.05, 3.63) is 42.0 Å². The van der Waals surface area contributed by atoms with E-state index in [4.69, 9.17) is 0 Å². The maximum atomic E-state index is 4.63. The normalized spacial score (nSPS) is 11.5. The van der Waals surface area contributed by atoms with Gasteiger partial charge in [-0.2, -0.15) is 5.10 Å². The average Bonchev–Trinajstić information content (AvgIpc) is 2.88. The van der Waals surface area contributed by atoms with Crippen LogP contribution in [-0.4, -0.2) is 21.3 Å². The Morgan fingerprint density at radius 2 is 2.00 bits per heavy atom. The fourth-order valence-electron chi connectivity index (χ4n) is 2.05. The topological polar surface area (TPSA) is 42.7 Å². The van der Waals surface area contributed by atoms with Crippen molar-refractivity contribution in [1.82, 2.24) is 20.1 Å². The van der Waals surface area contributed by atoms with Gasteiger partial charge in [-0.15, -0.1) is 0 Å². The van der Waals surface area contributed by atoms with E-state index in [9.17, 15) is 0 Å².